The van der Waals surface area contributed by atoms with Gasteiger partial charge in [-0.1, -0.05) is 18.2 Å². The summed E-state index contributed by atoms with van der Waals surface area (Å²) in [7, 11) is 3.28. The van der Waals surface area contributed by atoms with Gasteiger partial charge in [-0.3, -0.25) is 4.79 Å². The van der Waals surface area contributed by atoms with E-state index in [0.29, 0.717) is 17.0 Å². The van der Waals surface area contributed by atoms with Crippen LogP contribution in [0.4, 0.5) is 10.1 Å². The second kappa shape index (κ2) is 6.19. The van der Waals surface area contributed by atoms with Crippen LogP contribution in [0.5, 0.6) is 5.75 Å². The summed E-state index contributed by atoms with van der Waals surface area (Å²) in [6.07, 6.45) is 0. The lowest BCUT2D eigenvalue weighted by molar-refractivity contribution is 0.0997. The topological polar surface area (TPSA) is 29.5 Å². The van der Waals surface area contributed by atoms with Crippen molar-refractivity contribution >= 4 is 11.5 Å². The molecule has 20 heavy (non-hydrogen) atoms. The maximum atomic E-state index is 13.2. The highest BCUT2D eigenvalue weighted by atomic mass is 19.1. The van der Waals surface area contributed by atoms with Crippen molar-refractivity contribution in [3.05, 3.63) is 59.9 Å². The highest BCUT2D eigenvalue weighted by Crippen LogP contribution is 2.20. The summed E-state index contributed by atoms with van der Waals surface area (Å²) in [5.74, 6) is 0.151. The number of ether oxygens (including phenoxy) is 1. The second-order valence-corrected chi connectivity index (χ2v) is 4.46. The Labute approximate surface area is 117 Å². The second-order valence-electron chi connectivity index (χ2n) is 4.46. The number of methoxy groups -OCH3 is 1. The van der Waals surface area contributed by atoms with Crippen LogP contribution in [0.3, 0.4) is 0 Å². The number of ketones is 1. The molecule has 0 unspecified atom stereocenters. The molecule has 0 fully saturated rings. The third kappa shape index (κ3) is 3.15. The van der Waals surface area contributed by atoms with Crippen LogP contribution in [-0.2, 0) is 0 Å². The van der Waals surface area contributed by atoms with Crippen LogP contribution in [0.1, 0.15) is 10.4 Å². The lowest BCUT2D eigenvalue weighted by Gasteiger charge is -2.19. The molecule has 0 amide bonds. The molecule has 3 nitrogen and oxygen atoms in total. The number of likely N-dealkylation sites (N-methyl/N-ethyl adjacent to an activating group) is 1. The molecule has 104 valence electrons. The number of benzene rings is 2. The lowest BCUT2D eigenvalue weighted by Crippen LogP contribution is -2.25. The number of halogens is 1. The number of rotatable bonds is 5. The number of nitrogens with zero attached hydrogens (tertiary/aromatic N) is 1. The molecule has 0 aromatic heterocycles. The first-order chi connectivity index (χ1) is 9.61. The monoisotopic (exact) mass is 273 g/mol. The highest BCUT2D eigenvalue weighted by molar-refractivity contribution is 6.01. The van der Waals surface area contributed by atoms with Gasteiger partial charge in [0.1, 0.15) is 11.6 Å². The molecular weight excluding hydrogens is 257 g/mol. The van der Waals surface area contributed by atoms with Crippen LogP contribution in [0.25, 0.3) is 0 Å². The average Bonchev–Trinajstić information content (AvgIpc) is 2.47. The molecule has 0 atom stereocenters. The third-order valence-electron chi connectivity index (χ3n) is 3.04. The minimum absolute atomic E-state index is 0.0748. The lowest BCUT2D eigenvalue weighted by atomic mass is 10.1. The fourth-order valence-electron chi connectivity index (χ4n) is 1.98. The normalized spacial score (nSPS) is 10.2. The number of para-hydroxylation sites is 1. The first-order valence-corrected chi connectivity index (χ1v) is 6.24. The number of anilines is 1. The van der Waals surface area contributed by atoms with E-state index >= 15 is 0 Å². The highest BCUT2D eigenvalue weighted by Gasteiger charge is 2.14. The van der Waals surface area contributed by atoms with Crippen molar-refractivity contribution in [3.8, 4) is 5.75 Å². The smallest absolute Gasteiger partial charge is 0.185 e. The van der Waals surface area contributed by atoms with E-state index in [0.717, 1.165) is 0 Å². The molecule has 2 aromatic carbocycles. The van der Waals surface area contributed by atoms with E-state index in [1.807, 2.05) is 6.07 Å². The Morgan fingerprint density at radius 2 is 1.95 bits per heavy atom. The maximum Gasteiger partial charge on any atom is 0.185 e. The Hall–Kier alpha value is -2.36. The SMILES string of the molecule is COc1ccccc1C(=O)CN(C)c1cccc(F)c1. The van der Waals surface area contributed by atoms with Gasteiger partial charge in [-0.05, 0) is 30.3 Å². The van der Waals surface area contributed by atoms with Gasteiger partial charge in [-0.15, -0.1) is 0 Å². The summed E-state index contributed by atoms with van der Waals surface area (Å²) >= 11 is 0. The van der Waals surface area contributed by atoms with Crippen molar-refractivity contribution in [3.63, 3.8) is 0 Å². The van der Waals surface area contributed by atoms with E-state index in [9.17, 15) is 9.18 Å². The molecule has 0 saturated heterocycles. The molecule has 0 heterocycles. The first kappa shape index (κ1) is 14.1. The third-order valence-corrected chi connectivity index (χ3v) is 3.04. The predicted octanol–water partition coefficient (Wildman–Crippen LogP) is 3.15. The number of carbonyl (C=O) groups is 1. The number of Topliss-reactive ketones (excluding diaryl/α,β-unsaturated/α-hetero) is 1. The number of hydrogen-bond acceptors (Lipinski definition) is 3. The minimum Gasteiger partial charge on any atom is -0.496 e. The summed E-state index contributed by atoms with van der Waals surface area (Å²) in [5.41, 5.74) is 1.19. The Morgan fingerprint density at radius 1 is 1.20 bits per heavy atom. The molecular formula is C16H16FNO2. The molecule has 0 spiro atoms. The summed E-state index contributed by atoms with van der Waals surface area (Å²) in [6, 6.07) is 13.2. The predicted molar refractivity (Wildman–Crippen MR) is 77.0 cm³/mol. The summed E-state index contributed by atoms with van der Waals surface area (Å²) in [6.45, 7) is 0.157. The van der Waals surface area contributed by atoms with Crippen LogP contribution in [0.2, 0.25) is 0 Å². The molecule has 4 heteroatoms. The maximum absolute atomic E-state index is 13.2. The quantitative estimate of drug-likeness (QED) is 0.784. The fraction of sp³-hybridized carbons (Fsp3) is 0.188. The molecule has 0 aliphatic heterocycles. The zero-order valence-electron chi connectivity index (χ0n) is 11.5. The zero-order chi connectivity index (χ0) is 14.5. The van der Waals surface area contributed by atoms with Crippen LogP contribution in [0.15, 0.2) is 48.5 Å². The van der Waals surface area contributed by atoms with Gasteiger partial charge >= 0.3 is 0 Å². The molecule has 2 rings (SSSR count). The van der Waals surface area contributed by atoms with Crippen molar-refractivity contribution in [1.29, 1.82) is 0 Å². The van der Waals surface area contributed by atoms with Crippen molar-refractivity contribution in [1.82, 2.24) is 0 Å². The van der Waals surface area contributed by atoms with Gasteiger partial charge in [0.25, 0.3) is 0 Å². The molecule has 0 aliphatic carbocycles. The van der Waals surface area contributed by atoms with E-state index < -0.39 is 0 Å². The Balaban J connectivity index is 2.15. The van der Waals surface area contributed by atoms with Gasteiger partial charge in [0.2, 0.25) is 0 Å². The Bertz CT molecular complexity index is 613. The van der Waals surface area contributed by atoms with Gasteiger partial charge in [0.05, 0.1) is 19.2 Å². The van der Waals surface area contributed by atoms with Gasteiger partial charge in [0.15, 0.2) is 5.78 Å². The van der Waals surface area contributed by atoms with Crippen molar-refractivity contribution in [2.75, 3.05) is 25.6 Å². The van der Waals surface area contributed by atoms with E-state index in [1.54, 1.807) is 42.3 Å². The molecule has 0 bridgehead atoms. The zero-order valence-corrected chi connectivity index (χ0v) is 11.5. The number of carbonyl (C=O) groups excluding carboxylic acids is 1. The fourth-order valence-corrected chi connectivity index (χ4v) is 1.98. The molecule has 0 aliphatic rings. The molecule has 0 saturated carbocycles. The van der Waals surface area contributed by atoms with Gasteiger partial charge in [-0.25, -0.2) is 4.39 Å². The van der Waals surface area contributed by atoms with Crippen LogP contribution < -0.4 is 9.64 Å². The van der Waals surface area contributed by atoms with Crippen LogP contribution >= 0.6 is 0 Å². The molecule has 0 N–H and O–H groups in total. The summed E-state index contributed by atoms with van der Waals surface area (Å²) in [4.78, 5) is 14.0. The standard InChI is InChI=1S/C16H16FNO2/c1-18(13-7-5-6-12(17)10-13)11-15(19)14-8-3-4-9-16(14)20-2/h3-10H,11H2,1-2H3. The molecule has 0 radical (unpaired) electrons. The van der Waals surface area contributed by atoms with Gasteiger partial charge < -0.3 is 9.64 Å². The Morgan fingerprint density at radius 3 is 2.65 bits per heavy atom. The number of hydrogen-bond donors (Lipinski definition) is 0. The average molecular weight is 273 g/mol. The minimum atomic E-state index is -0.320. The van der Waals surface area contributed by atoms with Crippen LogP contribution in [-0.4, -0.2) is 26.5 Å². The van der Waals surface area contributed by atoms with E-state index in [2.05, 4.69) is 0 Å². The summed E-state index contributed by atoms with van der Waals surface area (Å²) in [5, 5.41) is 0. The van der Waals surface area contributed by atoms with Crippen LogP contribution in [0, 0.1) is 5.82 Å². The van der Waals surface area contributed by atoms with Gasteiger partial charge in [-0.2, -0.15) is 0 Å². The van der Waals surface area contributed by atoms with Crippen molar-refractivity contribution < 1.29 is 13.9 Å². The molecule has 2 aromatic rings. The van der Waals surface area contributed by atoms with Crippen molar-refractivity contribution in [2.24, 2.45) is 0 Å². The van der Waals surface area contributed by atoms with Gasteiger partial charge in [0, 0.05) is 12.7 Å². The summed E-state index contributed by atoms with van der Waals surface area (Å²) < 4.78 is 18.3. The first-order valence-electron chi connectivity index (χ1n) is 6.24. The largest absolute Gasteiger partial charge is 0.496 e. The Kier molecular flexibility index (Phi) is 4.35. The van der Waals surface area contributed by atoms with Crippen molar-refractivity contribution in [2.45, 2.75) is 0 Å². The van der Waals surface area contributed by atoms with E-state index in [1.165, 1.54) is 19.2 Å². The van der Waals surface area contributed by atoms with E-state index in [4.69, 9.17) is 4.74 Å². The van der Waals surface area contributed by atoms with E-state index in [-0.39, 0.29) is 18.1 Å².